The number of ether oxygens (including phenoxy) is 1. The lowest BCUT2D eigenvalue weighted by Gasteiger charge is -2.34. The highest BCUT2D eigenvalue weighted by atomic mass is 35.5. The molecule has 2 aromatic carbocycles. The molecule has 0 spiro atoms. The summed E-state index contributed by atoms with van der Waals surface area (Å²) in [6.45, 7) is 1.91. The van der Waals surface area contributed by atoms with E-state index < -0.39 is 0 Å². The average molecular weight is 421 g/mol. The molecule has 2 heterocycles. The molecule has 6 heteroatoms. The number of aryl methyl sites for hydroxylation is 1. The van der Waals surface area contributed by atoms with Crippen LogP contribution in [0.4, 0.5) is 5.88 Å². The van der Waals surface area contributed by atoms with Crippen LogP contribution in [0, 0.1) is 6.92 Å². The Kier molecular flexibility index (Phi) is 4.63. The van der Waals surface area contributed by atoms with E-state index >= 15 is 0 Å². The zero-order valence-corrected chi connectivity index (χ0v) is 17.5. The number of nitrogens with one attached hydrogen (secondary N) is 1. The molecule has 5 rings (SSSR count). The smallest absolute Gasteiger partial charge is 0.233 e. The highest BCUT2D eigenvalue weighted by molar-refractivity contribution is 6.30. The summed E-state index contributed by atoms with van der Waals surface area (Å²) in [4.78, 5) is 13.5. The normalized spacial score (nSPS) is 20.4. The lowest BCUT2D eigenvalue weighted by molar-refractivity contribution is -0.116. The van der Waals surface area contributed by atoms with Crippen molar-refractivity contribution in [2.75, 3.05) is 12.4 Å². The Hall–Kier alpha value is -3.05. The van der Waals surface area contributed by atoms with Gasteiger partial charge in [-0.15, -0.1) is 0 Å². The lowest BCUT2D eigenvalue weighted by Crippen LogP contribution is -2.29. The minimum absolute atomic E-state index is 0.0949. The van der Waals surface area contributed by atoms with Crippen LogP contribution >= 0.6 is 11.6 Å². The van der Waals surface area contributed by atoms with Crippen molar-refractivity contribution in [3.63, 3.8) is 0 Å². The van der Waals surface area contributed by atoms with Crippen molar-refractivity contribution in [3.8, 4) is 5.75 Å². The molecule has 152 valence electrons. The average Bonchev–Trinajstić information content (AvgIpc) is 3.13. The van der Waals surface area contributed by atoms with Gasteiger partial charge in [-0.05, 0) is 54.7 Å². The van der Waals surface area contributed by atoms with Crippen molar-refractivity contribution in [2.45, 2.75) is 31.6 Å². The number of carbonyl (C=O) groups excluding carboxylic acids is 1. The third kappa shape index (κ3) is 3.10. The molecule has 3 aromatic rings. The topological polar surface area (TPSA) is 64.4 Å². The van der Waals surface area contributed by atoms with Crippen LogP contribution in [-0.2, 0) is 4.79 Å². The van der Waals surface area contributed by atoms with E-state index in [4.69, 9.17) is 20.9 Å². The number of Topliss-reactive ketones (excluding diaryl/α,β-unsaturated/α-hetero) is 1. The number of allylic oxidation sites excluding steroid dienone is 2. The maximum atomic E-state index is 13.5. The van der Waals surface area contributed by atoms with Crippen molar-refractivity contribution in [2.24, 2.45) is 0 Å². The first kappa shape index (κ1) is 18.9. The molecule has 0 unspecified atom stereocenters. The number of halogens is 1. The van der Waals surface area contributed by atoms with Gasteiger partial charge in [-0.3, -0.25) is 4.79 Å². The molecule has 2 atom stereocenters. The quantitative estimate of drug-likeness (QED) is 0.597. The number of ketones is 1. The molecule has 0 saturated heterocycles. The molecule has 1 aliphatic heterocycles. The summed E-state index contributed by atoms with van der Waals surface area (Å²) in [6.07, 6.45) is 1.19. The number of nitrogens with zero attached hydrogens (tertiary/aromatic N) is 1. The largest absolute Gasteiger partial charge is 0.497 e. The molecule has 30 heavy (non-hydrogen) atoms. The van der Waals surface area contributed by atoms with Crippen LogP contribution in [0.5, 0.6) is 5.75 Å². The van der Waals surface area contributed by atoms with Gasteiger partial charge in [0, 0.05) is 28.6 Å². The van der Waals surface area contributed by atoms with E-state index in [9.17, 15) is 4.79 Å². The van der Waals surface area contributed by atoms with Gasteiger partial charge in [0.25, 0.3) is 0 Å². The van der Waals surface area contributed by atoms with E-state index in [1.807, 2.05) is 55.5 Å². The highest BCUT2D eigenvalue weighted by Gasteiger charge is 2.41. The Morgan fingerprint density at radius 3 is 2.70 bits per heavy atom. The first-order valence-corrected chi connectivity index (χ1v) is 10.3. The third-order valence-corrected chi connectivity index (χ3v) is 6.28. The van der Waals surface area contributed by atoms with Crippen LogP contribution in [0.2, 0.25) is 5.02 Å². The first-order chi connectivity index (χ1) is 14.5. The van der Waals surface area contributed by atoms with Gasteiger partial charge >= 0.3 is 0 Å². The van der Waals surface area contributed by atoms with E-state index in [1.54, 1.807) is 7.11 Å². The van der Waals surface area contributed by atoms with Crippen molar-refractivity contribution in [1.29, 1.82) is 0 Å². The second kappa shape index (κ2) is 7.33. The Morgan fingerprint density at radius 2 is 1.93 bits per heavy atom. The van der Waals surface area contributed by atoms with E-state index in [1.165, 1.54) is 0 Å². The molecule has 0 fully saturated rings. The van der Waals surface area contributed by atoms with E-state index in [2.05, 4.69) is 10.5 Å². The SMILES string of the molecule is COc1cccc([C@@H]2C3=C(C[C@@H](c4ccc(Cl)cc4)CC3=O)Nc3onc(C)c32)c1. The maximum Gasteiger partial charge on any atom is 0.233 e. The van der Waals surface area contributed by atoms with Gasteiger partial charge in [0.05, 0.1) is 18.4 Å². The van der Waals surface area contributed by atoms with E-state index in [0.717, 1.165) is 45.8 Å². The fourth-order valence-corrected chi connectivity index (χ4v) is 4.72. The zero-order valence-electron chi connectivity index (χ0n) is 16.7. The molecule has 2 aliphatic rings. The summed E-state index contributed by atoms with van der Waals surface area (Å²) in [6, 6.07) is 15.6. The zero-order chi connectivity index (χ0) is 20.8. The summed E-state index contributed by atoms with van der Waals surface area (Å²) >= 11 is 6.04. The van der Waals surface area contributed by atoms with E-state index in [-0.39, 0.29) is 17.6 Å². The minimum Gasteiger partial charge on any atom is -0.497 e. The molecule has 1 aromatic heterocycles. The van der Waals surface area contributed by atoms with Crippen LogP contribution in [0.1, 0.15) is 47.1 Å². The van der Waals surface area contributed by atoms with Crippen LogP contribution in [-0.4, -0.2) is 18.0 Å². The summed E-state index contributed by atoms with van der Waals surface area (Å²) in [5.41, 5.74) is 5.51. The van der Waals surface area contributed by atoms with Crippen LogP contribution < -0.4 is 10.1 Å². The van der Waals surface area contributed by atoms with Crippen molar-refractivity contribution < 1.29 is 14.1 Å². The van der Waals surface area contributed by atoms with Gasteiger partial charge in [-0.2, -0.15) is 0 Å². The second-order valence-corrected chi connectivity index (χ2v) is 8.25. The Balaban J connectivity index is 1.61. The second-order valence-electron chi connectivity index (χ2n) is 7.82. The third-order valence-electron chi connectivity index (χ3n) is 6.03. The Morgan fingerprint density at radius 1 is 1.13 bits per heavy atom. The van der Waals surface area contributed by atoms with E-state index in [0.29, 0.717) is 17.3 Å². The minimum atomic E-state index is -0.226. The number of anilines is 1. The van der Waals surface area contributed by atoms with Crippen LogP contribution in [0.25, 0.3) is 0 Å². The van der Waals surface area contributed by atoms with Crippen molar-refractivity contribution >= 4 is 23.3 Å². The van der Waals surface area contributed by atoms with Gasteiger partial charge < -0.3 is 14.6 Å². The maximum absolute atomic E-state index is 13.5. The number of fused-ring (bicyclic) bond motifs is 1. The Labute approximate surface area is 179 Å². The van der Waals surface area contributed by atoms with Crippen molar-refractivity contribution in [3.05, 3.63) is 87.2 Å². The fraction of sp³-hybridized carbons (Fsp3) is 0.250. The number of carbonyl (C=O) groups is 1. The predicted molar refractivity (Wildman–Crippen MR) is 115 cm³/mol. The van der Waals surface area contributed by atoms with Gasteiger partial charge in [-0.25, -0.2) is 0 Å². The van der Waals surface area contributed by atoms with Gasteiger partial charge in [0.2, 0.25) is 5.88 Å². The lowest BCUT2D eigenvalue weighted by atomic mass is 9.72. The summed E-state index contributed by atoms with van der Waals surface area (Å²) in [5.74, 6) is 1.38. The number of methoxy groups -OCH3 is 1. The number of benzene rings is 2. The number of rotatable bonds is 3. The number of aromatic nitrogens is 1. The molecular formula is C24H21ClN2O3. The molecule has 1 N–H and O–H groups in total. The summed E-state index contributed by atoms with van der Waals surface area (Å²) in [7, 11) is 1.64. The standard InChI is InChI=1S/C24H21ClN2O3/c1-13-21-22(15-4-3-5-18(10-15)29-2)23-19(26-24(21)30-27-13)11-16(12-20(23)28)14-6-8-17(25)9-7-14/h3-10,16,22,26H,11-12H2,1-2H3/t16-,22+/m1/s1. The van der Waals surface area contributed by atoms with Crippen LogP contribution in [0.15, 0.2) is 64.3 Å². The predicted octanol–water partition coefficient (Wildman–Crippen LogP) is 5.60. The highest BCUT2D eigenvalue weighted by Crippen LogP contribution is 2.49. The molecule has 0 radical (unpaired) electrons. The summed E-state index contributed by atoms with van der Waals surface area (Å²) < 4.78 is 11.0. The summed E-state index contributed by atoms with van der Waals surface area (Å²) in [5, 5.41) is 8.22. The van der Waals surface area contributed by atoms with Crippen LogP contribution in [0.3, 0.4) is 0 Å². The molecule has 0 bridgehead atoms. The fourth-order valence-electron chi connectivity index (χ4n) is 4.60. The molecular weight excluding hydrogens is 400 g/mol. The molecule has 0 amide bonds. The van der Waals surface area contributed by atoms with Gasteiger partial charge in [0.1, 0.15) is 5.75 Å². The Bertz CT molecular complexity index is 1160. The number of hydrogen-bond acceptors (Lipinski definition) is 5. The monoisotopic (exact) mass is 420 g/mol. The van der Waals surface area contributed by atoms with Gasteiger partial charge in [-0.1, -0.05) is 41.0 Å². The van der Waals surface area contributed by atoms with Crippen molar-refractivity contribution in [1.82, 2.24) is 5.16 Å². The number of hydrogen-bond donors (Lipinski definition) is 1. The van der Waals surface area contributed by atoms with Gasteiger partial charge in [0.15, 0.2) is 5.78 Å². The molecule has 5 nitrogen and oxygen atoms in total. The molecule has 1 aliphatic carbocycles. The first-order valence-electron chi connectivity index (χ1n) is 9.94. The molecule has 0 saturated carbocycles.